The van der Waals surface area contributed by atoms with Crippen LogP contribution >= 0.6 is 0 Å². The van der Waals surface area contributed by atoms with Gasteiger partial charge in [-0.15, -0.1) is 0 Å². The van der Waals surface area contributed by atoms with Gasteiger partial charge in [0.2, 0.25) is 17.7 Å². The maximum atomic E-state index is 15.1. The van der Waals surface area contributed by atoms with Gasteiger partial charge < -0.3 is 57.0 Å². The SMILES string of the molecule is CNC[C@H](O)[C@@H](O)[C@H](O)[C@H](O)CO.O=C(O)c1cc(NC(=O)[C@H](Cc2ccccc2)NC(=O)C2C3c4ccccc4C(c4ccccc43)C2C(=O)NCC23CC4CC(CC(C4)C2)C3)cc(C(=O)O)c1. The Hall–Kier alpha value is -6.01. The van der Waals surface area contributed by atoms with Gasteiger partial charge in [-0.25, -0.2) is 9.59 Å². The van der Waals surface area contributed by atoms with Crippen molar-refractivity contribution in [3.63, 3.8) is 0 Å². The molecule has 7 atom stereocenters. The second-order valence-corrected chi connectivity index (χ2v) is 19.9. The van der Waals surface area contributed by atoms with Crippen LogP contribution in [0.3, 0.4) is 0 Å². The Morgan fingerprint density at radius 2 is 1.10 bits per heavy atom. The molecule has 4 aromatic rings. The Kier molecular flexibility index (Phi) is 15.0. The molecule has 0 saturated heterocycles. The van der Waals surface area contributed by atoms with E-state index >= 15 is 4.79 Å². The molecule has 11 N–H and O–H groups in total. The smallest absolute Gasteiger partial charge is 0.335 e. The van der Waals surface area contributed by atoms with Crippen molar-refractivity contribution in [1.29, 1.82) is 0 Å². The molecular formula is C53H62N4O12. The van der Waals surface area contributed by atoms with Crippen LogP contribution < -0.4 is 21.3 Å². The molecule has 7 aliphatic carbocycles. The molecule has 16 heteroatoms. The van der Waals surface area contributed by atoms with Crippen LogP contribution in [0, 0.1) is 35.0 Å². The van der Waals surface area contributed by atoms with Crippen LogP contribution in [-0.2, 0) is 20.8 Å². The minimum absolute atomic E-state index is 0.0267. The number of carboxylic acids is 2. The number of hydrogen-bond acceptors (Lipinski definition) is 11. The zero-order valence-corrected chi connectivity index (χ0v) is 38.4. The molecule has 69 heavy (non-hydrogen) atoms. The van der Waals surface area contributed by atoms with Crippen molar-refractivity contribution in [3.05, 3.63) is 136 Å². The van der Waals surface area contributed by atoms with Crippen LogP contribution in [-0.4, -0.2) is 123 Å². The fourth-order valence-corrected chi connectivity index (χ4v) is 12.6. The fraction of sp³-hybridized carbons (Fsp3) is 0.453. The molecule has 366 valence electrons. The average molecular weight is 947 g/mol. The number of rotatable bonds is 17. The molecule has 7 aliphatic rings. The first kappa shape index (κ1) is 49.4. The van der Waals surface area contributed by atoms with Crippen molar-refractivity contribution in [3.8, 4) is 0 Å². The van der Waals surface area contributed by atoms with Crippen molar-refractivity contribution in [2.24, 2.45) is 35.0 Å². The molecule has 11 rings (SSSR count). The van der Waals surface area contributed by atoms with Gasteiger partial charge in [-0.1, -0.05) is 78.9 Å². The van der Waals surface area contributed by atoms with E-state index in [0.29, 0.717) is 6.54 Å². The third kappa shape index (κ3) is 10.5. The highest BCUT2D eigenvalue weighted by atomic mass is 16.4. The zero-order valence-electron chi connectivity index (χ0n) is 38.4. The van der Waals surface area contributed by atoms with Crippen LogP contribution in [0.4, 0.5) is 5.69 Å². The lowest BCUT2D eigenvalue weighted by molar-refractivity contribution is -0.139. The second-order valence-electron chi connectivity index (χ2n) is 19.9. The standard InChI is InChI=1S/C46H45N3O7.C7H17NO5/c50-41(48-31-19-29(44(53)54)18-30(20-31)45(55)56)36(17-25-8-2-1-3-9-25)49-43(52)40-38-34-12-6-4-10-32(34)37(33-11-5-7-13-35(33)38)39(40)42(51)47-24-46-21-26-14-27(22-46)16-28(15-26)23-46;1-8-2-4(10)6(12)7(13)5(11)3-9/h1-13,18-20,26-28,36-40H,14-17,21-24H2,(H,47,51)(H,48,50)(H,49,52)(H,53,54)(H,55,56);4-13H,2-3H2,1H3/t26?,27?,28?,36-,37?,38?,39?,40?,46?;4-,5+,6+,7+/m00/s1. The Balaban J connectivity index is 0.000000434. The molecule has 16 nitrogen and oxygen atoms in total. The monoisotopic (exact) mass is 946 g/mol. The van der Waals surface area contributed by atoms with Crippen LogP contribution in [0.25, 0.3) is 0 Å². The summed E-state index contributed by atoms with van der Waals surface area (Å²) in [6, 6.07) is 27.5. The average Bonchev–Trinajstić information content (AvgIpc) is 3.34. The summed E-state index contributed by atoms with van der Waals surface area (Å²) >= 11 is 0. The first-order valence-corrected chi connectivity index (χ1v) is 23.8. The number of likely N-dealkylation sites (N-methyl/N-ethyl adjacent to an activating group) is 1. The molecule has 4 aromatic carbocycles. The van der Waals surface area contributed by atoms with E-state index in [1.165, 1.54) is 31.4 Å². The molecule has 0 aromatic heterocycles. The minimum atomic E-state index is -1.55. The summed E-state index contributed by atoms with van der Waals surface area (Å²) in [4.78, 5) is 67.8. The van der Waals surface area contributed by atoms with Crippen LogP contribution in [0.1, 0.15) is 98.9 Å². The van der Waals surface area contributed by atoms with Crippen LogP contribution in [0.2, 0.25) is 0 Å². The van der Waals surface area contributed by atoms with Gasteiger partial charge in [-0.2, -0.15) is 0 Å². The van der Waals surface area contributed by atoms with E-state index in [4.69, 9.17) is 20.4 Å². The van der Waals surface area contributed by atoms with E-state index in [1.54, 1.807) is 7.05 Å². The predicted octanol–water partition coefficient (Wildman–Crippen LogP) is 3.25. The first-order valence-electron chi connectivity index (χ1n) is 23.8. The highest BCUT2D eigenvalue weighted by Crippen LogP contribution is 2.61. The maximum Gasteiger partial charge on any atom is 0.335 e. The Bertz CT molecular complexity index is 2420. The largest absolute Gasteiger partial charge is 0.478 e. The van der Waals surface area contributed by atoms with E-state index in [2.05, 4.69) is 33.4 Å². The van der Waals surface area contributed by atoms with E-state index in [9.17, 15) is 34.5 Å². The summed E-state index contributed by atoms with van der Waals surface area (Å²) in [5.41, 5.74) is 4.31. The molecule has 0 aliphatic heterocycles. The Labute approximate surface area is 400 Å². The lowest BCUT2D eigenvalue weighted by atomic mass is 9.49. The zero-order chi connectivity index (χ0) is 49.1. The number of amides is 3. The number of nitrogens with one attached hydrogen (secondary N) is 4. The van der Waals surface area contributed by atoms with Gasteiger partial charge in [0.25, 0.3) is 0 Å². The topological polar surface area (TPSA) is 275 Å². The van der Waals surface area contributed by atoms with Gasteiger partial charge >= 0.3 is 11.9 Å². The summed E-state index contributed by atoms with van der Waals surface area (Å²) < 4.78 is 0. The highest BCUT2D eigenvalue weighted by molar-refractivity contribution is 6.02. The van der Waals surface area contributed by atoms with E-state index in [-0.39, 0.29) is 47.0 Å². The molecule has 4 saturated carbocycles. The van der Waals surface area contributed by atoms with Gasteiger partial charge in [-0.05, 0) is 115 Å². The maximum absolute atomic E-state index is 15.1. The Morgan fingerprint density at radius 3 is 1.57 bits per heavy atom. The number of fused-ring (bicyclic) bond motifs is 1. The minimum Gasteiger partial charge on any atom is -0.478 e. The molecule has 2 unspecified atom stereocenters. The number of aliphatic hydroxyl groups excluding tert-OH is 5. The third-order valence-corrected chi connectivity index (χ3v) is 15.2. The molecular weight excluding hydrogens is 885 g/mol. The highest BCUT2D eigenvalue weighted by Gasteiger charge is 2.56. The molecule has 0 spiro atoms. The molecule has 3 amide bonds. The van der Waals surface area contributed by atoms with Crippen molar-refractivity contribution in [1.82, 2.24) is 16.0 Å². The lowest BCUT2D eigenvalue weighted by Gasteiger charge is -2.57. The van der Waals surface area contributed by atoms with E-state index in [1.807, 2.05) is 66.7 Å². The van der Waals surface area contributed by atoms with Gasteiger partial charge in [-0.3, -0.25) is 14.4 Å². The summed E-state index contributed by atoms with van der Waals surface area (Å²) in [7, 11) is 1.57. The number of aliphatic hydroxyl groups is 5. The molecule has 0 radical (unpaired) electrons. The fourth-order valence-electron chi connectivity index (χ4n) is 12.6. The normalized spacial score (nSPS) is 26.7. The molecule has 6 bridgehead atoms. The number of carbonyl (C=O) groups excluding carboxylic acids is 3. The summed E-state index contributed by atoms with van der Waals surface area (Å²) in [5, 5.41) is 75.9. The van der Waals surface area contributed by atoms with Crippen LogP contribution in [0.15, 0.2) is 97.1 Å². The summed E-state index contributed by atoms with van der Waals surface area (Å²) in [5.74, 6) is -4.09. The van der Waals surface area contributed by atoms with Gasteiger partial charge in [0.15, 0.2) is 0 Å². The van der Waals surface area contributed by atoms with Crippen molar-refractivity contribution in [2.45, 2.75) is 87.2 Å². The van der Waals surface area contributed by atoms with Gasteiger partial charge in [0.1, 0.15) is 24.4 Å². The number of aromatic carboxylic acids is 2. The number of anilines is 1. The number of carbonyl (C=O) groups is 5. The summed E-state index contributed by atoms with van der Waals surface area (Å²) in [6.07, 6.45) is 1.79. The quantitative estimate of drug-likeness (QED) is 0.0727. The van der Waals surface area contributed by atoms with Gasteiger partial charge in [0.05, 0.1) is 35.7 Å². The van der Waals surface area contributed by atoms with Crippen molar-refractivity contribution in [2.75, 3.05) is 32.1 Å². The van der Waals surface area contributed by atoms with Gasteiger partial charge in [0, 0.05) is 37.0 Å². The number of benzene rings is 4. The lowest BCUT2D eigenvalue weighted by Crippen LogP contribution is -2.57. The predicted molar refractivity (Wildman–Crippen MR) is 253 cm³/mol. The van der Waals surface area contributed by atoms with Crippen molar-refractivity contribution >= 4 is 35.3 Å². The second kappa shape index (κ2) is 20.9. The van der Waals surface area contributed by atoms with Crippen molar-refractivity contribution < 1.29 is 59.7 Å². The molecule has 0 heterocycles. The summed E-state index contributed by atoms with van der Waals surface area (Å²) in [6.45, 7) is 0.0362. The first-order chi connectivity index (χ1) is 33.1. The third-order valence-electron chi connectivity index (χ3n) is 15.2. The van der Waals surface area contributed by atoms with Crippen LogP contribution in [0.5, 0.6) is 0 Å². The Morgan fingerprint density at radius 1 is 0.638 bits per heavy atom. The van der Waals surface area contributed by atoms with E-state index < -0.39 is 78.6 Å². The molecule has 4 fully saturated rings. The number of carboxylic acid groups (broad SMARTS) is 2. The van der Waals surface area contributed by atoms with E-state index in [0.717, 1.165) is 70.9 Å². The number of hydrogen-bond donors (Lipinski definition) is 11.